The number of hydrogen-bond acceptors (Lipinski definition) is 4. The maximum atomic E-state index is 11.6. The zero-order chi connectivity index (χ0) is 15.1. The molecule has 21 heavy (non-hydrogen) atoms. The van der Waals surface area contributed by atoms with Gasteiger partial charge in [0.15, 0.2) is 0 Å². The molecule has 0 aliphatic heterocycles. The second-order valence-electron chi connectivity index (χ2n) is 4.38. The first-order valence-electron chi connectivity index (χ1n) is 6.33. The van der Waals surface area contributed by atoms with E-state index in [1.165, 1.54) is 11.8 Å². The van der Waals surface area contributed by atoms with Gasteiger partial charge in [0.2, 0.25) is 5.91 Å². The number of carbonyl (C=O) groups excluding carboxylic acids is 1. The maximum absolute atomic E-state index is 11.6. The van der Waals surface area contributed by atoms with Crippen LogP contribution < -0.4 is 5.43 Å². The Bertz CT molecular complexity index is 640. The van der Waals surface area contributed by atoms with Crippen LogP contribution in [0.25, 0.3) is 0 Å². The molecule has 1 amide bonds. The summed E-state index contributed by atoms with van der Waals surface area (Å²) >= 11 is 9.04. The van der Waals surface area contributed by atoms with Crippen LogP contribution in [0.3, 0.4) is 0 Å². The summed E-state index contributed by atoms with van der Waals surface area (Å²) in [5.41, 5.74) is 4.81. The molecule has 0 aliphatic carbocycles. The van der Waals surface area contributed by atoms with Gasteiger partial charge in [-0.15, -0.1) is 23.1 Å². The molecule has 0 radical (unpaired) electrons. The molecule has 1 aromatic heterocycles. The fraction of sp³-hybridized carbons (Fsp3) is 0.200. The zero-order valence-electron chi connectivity index (χ0n) is 11.5. The number of carbonyl (C=O) groups is 1. The predicted molar refractivity (Wildman–Crippen MR) is 92.4 cm³/mol. The smallest absolute Gasteiger partial charge is 0.250 e. The topological polar surface area (TPSA) is 41.5 Å². The largest absolute Gasteiger partial charge is 0.272 e. The van der Waals surface area contributed by atoms with Gasteiger partial charge < -0.3 is 0 Å². The lowest BCUT2D eigenvalue weighted by Crippen LogP contribution is -2.19. The summed E-state index contributed by atoms with van der Waals surface area (Å²) in [6, 6.07) is 9.67. The van der Waals surface area contributed by atoms with Gasteiger partial charge in [-0.25, -0.2) is 5.43 Å². The van der Waals surface area contributed by atoms with E-state index < -0.39 is 0 Å². The van der Waals surface area contributed by atoms with Crippen molar-refractivity contribution in [3.8, 4) is 0 Å². The third-order valence-electron chi connectivity index (χ3n) is 2.66. The van der Waals surface area contributed by atoms with Crippen LogP contribution in [0.1, 0.15) is 16.0 Å². The SMILES string of the molecule is Cc1ccsc1/C=N\NC(=O)CSCc1cccc(Cl)c1. The Labute approximate surface area is 137 Å². The van der Waals surface area contributed by atoms with E-state index in [9.17, 15) is 4.79 Å². The van der Waals surface area contributed by atoms with Crippen LogP contribution in [0, 0.1) is 6.92 Å². The van der Waals surface area contributed by atoms with Crippen molar-refractivity contribution in [3.05, 3.63) is 56.7 Å². The van der Waals surface area contributed by atoms with Crippen molar-refractivity contribution in [1.82, 2.24) is 5.43 Å². The van der Waals surface area contributed by atoms with Crippen LogP contribution in [0.2, 0.25) is 5.02 Å². The number of rotatable bonds is 6. The summed E-state index contributed by atoms with van der Waals surface area (Å²) in [4.78, 5) is 12.7. The number of thioether (sulfide) groups is 1. The number of amides is 1. The van der Waals surface area contributed by atoms with E-state index in [0.717, 1.165) is 21.8 Å². The minimum Gasteiger partial charge on any atom is -0.272 e. The third-order valence-corrected chi connectivity index (χ3v) is 4.86. The highest BCUT2D eigenvalue weighted by Crippen LogP contribution is 2.16. The summed E-state index contributed by atoms with van der Waals surface area (Å²) in [5.74, 6) is 1.02. The Hall–Kier alpha value is -1.30. The molecule has 0 saturated heterocycles. The van der Waals surface area contributed by atoms with Crippen molar-refractivity contribution >= 4 is 46.8 Å². The molecule has 6 heteroatoms. The Morgan fingerprint density at radius 3 is 3.05 bits per heavy atom. The molecule has 0 bridgehead atoms. The average Bonchev–Trinajstić information content (AvgIpc) is 2.85. The van der Waals surface area contributed by atoms with E-state index >= 15 is 0 Å². The predicted octanol–water partition coefficient (Wildman–Crippen LogP) is 4.09. The quantitative estimate of drug-likeness (QED) is 0.636. The molecular formula is C15H15ClN2OS2. The van der Waals surface area contributed by atoms with Gasteiger partial charge in [-0.1, -0.05) is 23.7 Å². The molecule has 0 spiro atoms. The fourth-order valence-corrected chi connectivity index (χ4v) is 3.37. The van der Waals surface area contributed by atoms with Crippen molar-refractivity contribution in [2.75, 3.05) is 5.75 Å². The van der Waals surface area contributed by atoms with E-state index in [1.54, 1.807) is 17.6 Å². The molecule has 0 fully saturated rings. The molecule has 2 rings (SSSR count). The first-order valence-corrected chi connectivity index (χ1v) is 8.74. The highest BCUT2D eigenvalue weighted by molar-refractivity contribution is 7.99. The van der Waals surface area contributed by atoms with Crippen LogP contribution in [-0.4, -0.2) is 17.9 Å². The first-order chi connectivity index (χ1) is 10.1. The number of nitrogens with one attached hydrogen (secondary N) is 1. The Morgan fingerprint density at radius 1 is 1.48 bits per heavy atom. The normalized spacial score (nSPS) is 11.0. The van der Waals surface area contributed by atoms with Gasteiger partial charge in [0, 0.05) is 15.7 Å². The van der Waals surface area contributed by atoms with Gasteiger partial charge >= 0.3 is 0 Å². The number of nitrogens with zero attached hydrogens (tertiary/aromatic N) is 1. The van der Waals surface area contributed by atoms with Gasteiger partial charge in [-0.05, 0) is 41.6 Å². The Kier molecular flexibility index (Phi) is 6.29. The molecule has 0 aliphatic rings. The average molecular weight is 339 g/mol. The van der Waals surface area contributed by atoms with Crippen LogP contribution in [0.5, 0.6) is 0 Å². The van der Waals surface area contributed by atoms with E-state index in [4.69, 9.17) is 11.6 Å². The molecule has 1 heterocycles. The lowest BCUT2D eigenvalue weighted by molar-refractivity contribution is -0.118. The molecule has 1 aromatic carbocycles. The molecule has 110 valence electrons. The molecular weight excluding hydrogens is 324 g/mol. The Balaban J connectivity index is 1.70. The molecule has 0 unspecified atom stereocenters. The summed E-state index contributed by atoms with van der Waals surface area (Å²) in [6.45, 7) is 2.01. The van der Waals surface area contributed by atoms with E-state index in [1.807, 2.05) is 42.6 Å². The van der Waals surface area contributed by atoms with Crippen molar-refractivity contribution in [2.24, 2.45) is 5.10 Å². The molecule has 0 saturated carbocycles. The number of hydrazone groups is 1. The Morgan fingerprint density at radius 2 is 2.33 bits per heavy atom. The van der Waals surface area contributed by atoms with Gasteiger partial charge in [-0.2, -0.15) is 5.10 Å². The standard InChI is InChI=1S/C15H15ClN2OS2/c1-11-5-6-21-14(11)8-17-18-15(19)10-20-9-12-3-2-4-13(16)7-12/h2-8H,9-10H2,1H3,(H,18,19)/b17-8-. The van der Waals surface area contributed by atoms with Gasteiger partial charge in [-0.3, -0.25) is 4.79 Å². The lowest BCUT2D eigenvalue weighted by Gasteiger charge is -2.02. The van der Waals surface area contributed by atoms with Crippen LogP contribution in [-0.2, 0) is 10.5 Å². The highest BCUT2D eigenvalue weighted by atomic mass is 35.5. The minimum atomic E-state index is -0.104. The highest BCUT2D eigenvalue weighted by Gasteiger charge is 2.01. The summed E-state index contributed by atoms with van der Waals surface area (Å²) in [7, 11) is 0. The summed E-state index contributed by atoms with van der Waals surface area (Å²) < 4.78 is 0. The molecule has 2 aromatic rings. The van der Waals surface area contributed by atoms with Crippen molar-refractivity contribution in [3.63, 3.8) is 0 Å². The molecule has 3 nitrogen and oxygen atoms in total. The van der Waals surface area contributed by atoms with E-state index in [2.05, 4.69) is 10.5 Å². The van der Waals surface area contributed by atoms with Crippen LogP contribution >= 0.6 is 34.7 Å². The monoisotopic (exact) mass is 338 g/mol. The van der Waals surface area contributed by atoms with Crippen LogP contribution in [0.4, 0.5) is 0 Å². The van der Waals surface area contributed by atoms with Crippen molar-refractivity contribution in [2.45, 2.75) is 12.7 Å². The van der Waals surface area contributed by atoms with Gasteiger partial charge in [0.25, 0.3) is 0 Å². The number of hydrogen-bond donors (Lipinski definition) is 1. The zero-order valence-corrected chi connectivity index (χ0v) is 13.9. The number of thiophene rings is 1. The van der Waals surface area contributed by atoms with Gasteiger partial charge in [0.05, 0.1) is 12.0 Å². The van der Waals surface area contributed by atoms with Crippen molar-refractivity contribution in [1.29, 1.82) is 0 Å². The summed E-state index contributed by atoms with van der Waals surface area (Å²) in [6.07, 6.45) is 1.68. The number of aryl methyl sites for hydroxylation is 1. The maximum Gasteiger partial charge on any atom is 0.250 e. The van der Waals surface area contributed by atoms with E-state index in [0.29, 0.717) is 10.8 Å². The lowest BCUT2D eigenvalue weighted by atomic mass is 10.2. The third kappa shape index (κ3) is 5.53. The first kappa shape index (κ1) is 16.1. The number of benzene rings is 1. The second kappa shape index (κ2) is 8.22. The minimum absolute atomic E-state index is 0.104. The fourth-order valence-electron chi connectivity index (χ4n) is 1.60. The molecule has 1 N–H and O–H groups in total. The summed E-state index contributed by atoms with van der Waals surface area (Å²) in [5, 5.41) is 6.68. The van der Waals surface area contributed by atoms with E-state index in [-0.39, 0.29) is 5.91 Å². The van der Waals surface area contributed by atoms with Crippen LogP contribution in [0.15, 0.2) is 40.8 Å². The number of halogens is 1. The van der Waals surface area contributed by atoms with Gasteiger partial charge in [0.1, 0.15) is 0 Å². The second-order valence-corrected chi connectivity index (χ2v) is 6.75. The molecule has 0 atom stereocenters. The van der Waals surface area contributed by atoms with Crippen molar-refractivity contribution < 1.29 is 4.79 Å².